The molecule has 0 saturated carbocycles. The lowest BCUT2D eigenvalue weighted by Gasteiger charge is -2.35. The zero-order valence-corrected chi connectivity index (χ0v) is 23.8. The van der Waals surface area contributed by atoms with Crippen LogP contribution in [0.25, 0.3) is 0 Å². The van der Waals surface area contributed by atoms with Gasteiger partial charge >= 0.3 is 0 Å². The highest BCUT2D eigenvalue weighted by molar-refractivity contribution is 5.61. The van der Waals surface area contributed by atoms with Crippen LogP contribution in [-0.2, 0) is 21.7 Å². The second-order valence-corrected chi connectivity index (χ2v) is 14.1. The molecule has 0 bridgehead atoms. The van der Waals surface area contributed by atoms with E-state index in [1.165, 1.54) is 50.4 Å². The van der Waals surface area contributed by atoms with Gasteiger partial charge in [0.15, 0.2) is 0 Å². The van der Waals surface area contributed by atoms with Gasteiger partial charge < -0.3 is 0 Å². The zero-order chi connectivity index (χ0) is 25.0. The summed E-state index contributed by atoms with van der Waals surface area (Å²) in [7, 11) is 0. The van der Waals surface area contributed by atoms with Crippen molar-refractivity contribution in [3.05, 3.63) is 74.7 Å². The van der Waals surface area contributed by atoms with Crippen molar-refractivity contribution in [3.63, 3.8) is 0 Å². The summed E-state index contributed by atoms with van der Waals surface area (Å²) < 4.78 is 0. The molecule has 0 aliphatic rings. The van der Waals surface area contributed by atoms with Gasteiger partial charge in [-0.2, -0.15) is 0 Å². The molecule has 0 saturated heterocycles. The van der Waals surface area contributed by atoms with Crippen molar-refractivity contribution in [2.75, 3.05) is 0 Å². The Hall–Kier alpha value is -1.56. The van der Waals surface area contributed by atoms with Crippen molar-refractivity contribution >= 4 is 0 Å². The van der Waals surface area contributed by atoms with E-state index in [1.807, 2.05) is 0 Å². The van der Waals surface area contributed by atoms with Crippen LogP contribution in [-0.4, -0.2) is 0 Å². The molecule has 2 aromatic rings. The minimum atomic E-state index is 0.0732. The number of hydrogen-bond donors (Lipinski definition) is 0. The maximum absolute atomic E-state index is 2.47. The number of rotatable bonds is 2. The van der Waals surface area contributed by atoms with Crippen LogP contribution in [0.4, 0.5) is 0 Å². The van der Waals surface area contributed by atoms with Gasteiger partial charge in [0, 0.05) is 5.92 Å². The highest BCUT2D eigenvalue weighted by Gasteiger charge is 2.31. The van der Waals surface area contributed by atoms with E-state index in [0.29, 0.717) is 0 Å². The molecule has 2 rings (SSSR count). The van der Waals surface area contributed by atoms with Crippen LogP contribution < -0.4 is 0 Å². The second kappa shape index (κ2) is 8.34. The van der Waals surface area contributed by atoms with Crippen molar-refractivity contribution < 1.29 is 0 Å². The molecule has 0 aliphatic heterocycles. The number of benzene rings is 2. The van der Waals surface area contributed by atoms with Crippen molar-refractivity contribution in [1.82, 2.24) is 0 Å². The molecule has 0 atom stereocenters. The Morgan fingerprint density at radius 2 is 0.750 bits per heavy atom. The smallest absolute Gasteiger partial charge is 0.0320 e. The van der Waals surface area contributed by atoms with E-state index in [0.717, 1.165) is 0 Å². The summed E-state index contributed by atoms with van der Waals surface area (Å²) in [5.41, 5.74) is 11.8. The summed E-state index contributed by atoms with van der Waals surface area (Å²) in [6, 6.07) is 9.79. The van der Waals surface area contributed by atoms with Gasteiger partial charge in [-0.15, -0.1) is 0 Å². The minimum absolute atomic E-state index is 0.0732. The Bertz CT molecular complexity index is 892. The second-order valence-electron chi connectivity index (χ2n) is 14.1. The van der Waals surface area contributed by atoms with Crippen molar-refractivity contribution in [2.24, 2.45) is 0 Å². The Morgan fingerprint density at radius 3 is 0.969 bits per heavy atom. The predicted octanol–water partition coefficient (Wildman–Crippen LogP) is 9.48. The first-order chi connectivity index (χ1) is 14.2. The highest BCUT2D eigenvalue weighted by atomic mass is 14.4. The first-order valence-corrected chi connectivity index (χ1v) is 12.3. The molecule has 0 nitrogen and oxygen atoms in total. The summed E-state index contributed by atoms with van der Waals surface area (Å²) in [5, 5.41) is 0. The molecule has 0 fully saturated rings. The third-order valence-corrected chi connectivity index (χ3v) is 6.77. The van der Waals surface area contributed by atoms with E-state index in [-0.39, 0.29) is 21.7 Å². The van der Waals surface area contributed by atoms with Crippen molar-refractivity contribution in [2.45, 2.75) is 126 Å². The van der Waals surface area contributed by atoms with Gasteiger partial charge in [-0.1, -0.05) is 114 Å². The van der Waals surface area contributed by atoms with Crippen LogP contribution in [0.5, 0.6) is 0 Å². The molecule has 32 heavy (non-hydrogen) atoms. The predicted molar refractivity (Wildman–Crippen MR) is 144 cm³/mol. The fourth-order valence-corrected chi connectivity index (χ4v) is 4.74. The van der Waals surface area contributed by atoms with Crippen LogP contribution in [0.2, 0.25) is 0 Å². The summed E-state index contributed by atoms with van der Waals surface area (Å²) in [5.74, 6) is 1.41. The SMILES string of the molecule is C[C](c1c(C)cc(C(C)(C)C)cc1C(C)(C)C)c1c(C)cc(C(C)(C)C)cc1C(C)(C)C. The van der Waals surface area contributed by atoms with Gasteiger partial charge in [-0.3, -0.25) is 0 Å². The Kier molecular flexibility index (Phi) is 6.95. The standard InChI is InChI=1S/C32H49/c1-20-16-23(29(4,5)6)18-25(31(10,11)12)27(20)22(3)28-21(2)17-24(30(7,8)9)19-26(28)32(13,14)15/h16-19H,1-15H3. The molecule has 0 aliphatic carbocycles. The molecule has 0 heterocycles. The van der Waals surface area contributed by atoms with Crippen LogP contribution >= 0.6 is 0 Å². The van der Waals surface area contributed by atoms with E-state index in [2.05, 4.69) is 128 Å². The number of hydrogen-bond acceptors (Lipinski definition) is 0. The van der Waals surface area contributed by atoms with Crippen molar-refractivity contribution in [3.8, 4) is 0 Å². The molecule has 0 amide bonds. The van der Waals surface area contributed by atoms with E-state index >= 15 is 0 Å². The average Bonchev–Trinajstić information content (AvgIpc) is 2.56. The first-order valence-electron chi connectivity index (χ1n) is 12.3. The molecule has 0 unspecified atom stereocenters. The van der Waals surface area contributed by atoms with Crippen LogP contribution in [0.15, 0.2) is 24.3 Å². The fraction of sp³-hybridized carbons (Fsp3) is 0.594. The van der Waals surface area contributed by atoms with Gasteiger partial charge in [0.2, 0.25) is 0 Å². The van der Waals surface area contributed by atoms with Crippen molar-refractivity contribution in [1.29, 1.82) is 0 Å². The molecule has 0 N–H and O–H groups in total. The molecule has 0 heteroatoms. The minimum Gasteiger partial charge on any atom is -0.0561 e. The molecule has 1 radical (unpaired) electrons. The van der Waals surface area contributed by atoms with E-state index in [4.69, 9.17) is 0 Å². The van der Waals surface area contributed by atoms with Gasteiger partial charge in [0.25, 0.3) is 0 Å². The third-order valence-electron chi connectivity index (χ3n) is 6.77. The van der Waals surface area contributed by atoms with E-state index < -0.39 is 0 Å². The average molecular weight is 434 g/mol. The Balaban J connectivity index is 2.90. The molecular formula is C32H49. The summed E-state index contributed by atoms with van der Waals surface area (Å²) in [6.45, 7) is 35.0. The molecule has 2 aromatic carbocycles. The largest absolute Gasteiger partial charge is 0.0561 e. The van der Waals surface area contributed by atoms with Crippen LogP contribution in [0.1, 0.15) is 135 Å². The normalized spacial score (nSPS) is 13.8. The summed E-state index contributed by atoms with van der Waals surface area (Å²) in [4.78, 5) is 0. The Labute approximate surface area is 200 Å². The van der Waals surface area contributed by atoms with Gasteiger partial charge in [-0.25, -0.2) is 0 Å². The van der Waals surface area contributed by atoms with E-state index in [1.54, 1.807) is 0 Å². The summed E-state index contributed by atoms with van der Waals surface area (Å²) in [6.07, 6.45) is 0. The molecule has 177 valence electrons. The van der Waals surface area contributed by atoms with Crippen LogP contribution in [0.3, 0.4) is 0 Å². The van der Waals surface area contributed by atoms with Gasteiger partial charge in [0.1, 0.15) is 0 Å². The molecule has 0 spiro atoms. The Morgan fingerprint density at radius 1 is 0.469 bits per heavy atom. The topological polar surface area (TPSA) is 0 Å². The molecule has 0 aromatic heterocycles. The van der Waals surface area contributed by atoms with E-state index in [9.17, 15) is 0 Å². The zero-order valence-electron chi connectivity index (χ0n) is 23.8. The van der Waals surface area contributed by atoms with Gasteiger partial charge in [0.05, 0.1) is 0 Å². The maximum Gasteiger partial charge on any atom is 0.0320 e. The fourth-order valence-electron chi connectivity index (χ4n) is 4.74. The maximum atomic E-state index is 2.47. The van der Waals surface area contributed by atoms with Crippen LogP contribution in [0, 0.1) is 19.8 Å². The summed E-state index contributed by atoms with van der Waals surface area (Å²) >= 11 is 0. The lowest BCUT2D eigenvalue weighted by Crippen LogP contribution is -2.24. The third kappa shape index (κ3) is 5.49. The first kappa shape index (κ1) is 26.7. The quantitative estimate of drug-likeness (QED) is 0.442. The lowest BCUT2D eigenvalue weighted by molar-refractivity contribution is 0.560. The van der Waals surface area contributed by atoms with Gasteiger partial charge in [-0.05, 0) is 80.0 Å². The lowest BCUT2D eigenvalue weighted by atomic mass is 9.69. The monoisotopic (exact) mass is 433 g/mol. The highest BCUT2D eigenvalue weighted by Crippen LogP contribution is 2.43. The molecular weight excluding hydrogens is 384 g/mol. The number of aryl methyl sites for hydroxylation is 2.